The fraction of sp³-hybridized carbons (Fsp3) is 0. The SMILES string of the molecule is O=C1c2ccccc2C(=O)c2oc(-c3ccccc3)cc21. The lowest BCUT2D eigenvalue weighted by Gasteiger charge is -2.11. The molecule has 1 heterocycles. The summed E-state index contributed by atoms with van der Waals surface area (Å²) in [6.07, 6.45) is 0. The van der Waals surface area contributed by atoms with Gasteiger partial charge in [-0.3, -0.25) is 9.59 Å². The van der Waals surface area contributed by atoms with Crippen molar-refractivity contribution >= 4 is 11.6 Å². The highest BCUT2D eigenvalue weighted by Gasteiger charge is 2.33. The predicted molar refractivity (Wildman–Crippen MR) is 77.5 cm³/mol. The zero-order chi connectivity index (χ0) is 14.4. The van der Waals surface area contributed by atoms with Gasteiger partial charge in [0, 0.05) is 16.7 Å². The summed E-state index contributed by atoms with van der Waals surface area (Å²) in [6, 6.07) is 17.9. The van der Waals surface area contributed by atoms with E-state index < -0.39 is 0 Å². The van der Waals surface area contributed by atoms with Gasteiger partial charge < -0.3 is 4.42 Å². The molecule has 1 aliphatic rings. The number of benzene rings is 2. The van der Waals surface area contributed by atoms with Crippen molar-refractivity contribution in [3.05, 3.63) is 83.1 Å². The Bertz CT molecular complexity index is 820. The van der Waals surface area contributed by atoms with Gasteiger partial charge in [0.15, 0.2) is 11.5 Å². The molecule has 1 aliphatic carbocycles. The topological polar surface area (TPSA) is 47.3 Å². The monoisotopic (exact) mass is 274 g/mol. The molecule has 0 radical (unpaired) electrons. The molecule has 0 N–H and O–H groups in total. The molecular formula is C18H10O3. The summed E-state index contributed by atoms with van der Waals surface area (Å²) in [6.45, 7) is 0. The fourth-order valence-electron chi connectivity index (χ4n) is 2.62. The van der Waals surface area contributed by atoms with Crippen LogP contribution in [0, 0.1) is 0 Å². The molecule has 0 unspecified atom stereocenters. The van der Waals surface area contributed by atoms with E-state index in [1.807, 2.05) is 30.3 Å². The Morgan fingerprint density at radius 2 is 1.29 bits per heavy atom. The standard InChI is InChI=1S/C18H10O3/c19-16-12-8-4-5-9-13(12)17(20)18-14(16)10-15(21-18)11-6-2-1-3-7-11/h1-10H. The van der Waals surface area contributed by atoms with Crippen LogP contribution in [0.1, 0.15) is 32.0 Å². The van der Waals surface area contributed by atoms with E-state index in [9.17, 15) is 9.59 Å². The van der Waals surface area contributed by atoms with Crippen molar-refractivity contribution in [2.75, 3.05) is 0 Å². The van der Waals surface area contributed by atoms with E-state index in [0.29, 0.717) is 22.5 Å². The van der Waals surface area contributed by atoms with Crippen LogP contribution in [0.3, 0.4) is 0 Å². The molecule has 0 atom stereocenters. The van der Waals surface area contributed by atoms with Crippen molar-refractivity contribution in [2.45, 2.75) is 0 Å². The minimum absolute atomic E-state index is 0.137. The number of rotatable bonds is 1. The molecule has 1 aromatic heterocycles. The molecule has 4 rings (SSSR count). The lowest BCUT2D eigenvalue weighted by molar-refractivity contribution is 0.0961. The Kier molecular flexibility index (Phi) is 2.42. The van der Waals surface area contributed by atoms with Crippen molar-refractivity contribution in [1.29, 1.82) is 0 Å². The van der Waals surface area contributed by atoms with Gasteiger partial charge in [0.1, 0.15) is 5.76 Å². The molecule has 3 nitrogen and oxygen atoms in total. The first-order valence-electron chi connectivity index (χ1n) is 6.63. The van der Waals surface area contributed by atoms with Crippen LogP contribution in [0.2, 0.25) is 0 Å². The first-order valence-corrected chi connectivity index (χ1v) is 6.63. The van der Waals surface area contributed by atoms with Crippen molar-refractivity contribution < 1.29 is 14.0 Å². The number of carbonyl (C=O) groups excluding carboxylic acids is 2. The zero-order valence-corrected chi connectivity index (χ0v) is 11.0. The Hall–Kier alpha value is -2.94. The number of fused-ring (bicyclic) bond motifs is 2. The summed E-state index contributed by atoms with van der Waals surface area (Å²) >= 11 is 0. The molecule has 3 heteroatoms. The maximum absolute atomic E-state index is 12.5. The van der Waals surface area contributed by atoms with Crippen LogP contribution < -0.4 is 0 Å². The van der Waals surface area contributed by atoms with E-state index in [1.54, 1.807) is 30.3 Å². The van der Waals surface area contributed by atoms with Gasteiger partial charge in [-0.25, -0.2) is 0 Å². The first kappa shape index (κ1) is 11.9. The lowest BCUT2D eigenvalue weighted by atomic mass is 9.88. The van der Waals surface area contributed by atoms with Gasteiger partial charge in [-0.05, 0) is 6.07 Å². The second-order valence-electron chi connectivity index (χ2n) is 4.92. The highest BCUT2D eigenvalue weighted by molar-refractivity contribution is 6.27. The van der Waals surface area contributed by atoms with Gasteiger partial charge >= 0.3 is 0 Å². The summed E-state index contributed by atoms with van der Waals surface area (Å²) in [5.41, 5.74) is 2.04. The van der Waals surface area contributed by atoms with Crippen molar-refractivity contribution in [1.82, 2.24) is 0 Å². The maximum Gasteiger partial charge on any atom is 0.229 e. The van der Waals surface area contributed by atoms with E-state index >= 15 is 0 Å². The second kappa shape index (κ2) is 4.28. The normalized spacial score (nSPS) is 13.0. The third-order valence-electron chi connectivity index (χ3n) is 3.66. The molecule has 0 saturated carbocycles. The zero-order valence-electron chi connectivity index (χ0n) is 11.0. The molecule has 100 valence electrons. The highest BCUT2D eigenvalue weighted by atomic mass is 16.3. The molecule has 0 spiro atoms. The maximum atomic E-state index is 12.5. The molecule has 0 bridgehead atoms. The largest absolute Gasteiger partial charge is 0.452 e. The summed E-state index contributed by atoms with van der Waals surface area (Å²) in [4.78, 5) is 24.9. The molecule has 0 saturated heterocycles. The molecule has 0 fully saturated rings. The summed E-state index contributed by atoms with van der Waals surface area (Å²) in [5, 5.41) is 0. The molecule has 0 aliphatic heterocycles. The fourth-order valence-corrected chi connectivity index (χ4v) is 2.62. The Balaban J connectivity index is 1.92. The number of carbonyl (C=O) groups is 2. The van der Waals surface area contributed by atoms with Gasteiger partial charge in [0.2, 0.25) is 5.78 Å². The third-order valence-corrected chi connectivity index (χ3v) is 3.66. The van der Waals surface area contributed by atoms with Crippen LogP contribution in [-0.2, 0) is 0 Å². The van der Waals surface area contributed by atoms with Gasteiger partial charge in [0.05, 0.1) is 5.56 Å². The number of hydrogen-bond acceptors (Lipinski definition) is 3. The van der Waals surface area contributed by atoms with E-state index in [-0.39, 0.29) is 17.3 Å². The summed E-state index contributed by atoms with van der Waals surface area (Å²) in [5.74, 6) is 0.279. The quantitative estimate of drug-likeness (QED) is 0.531. The third kappa shape index (κ3) is 1.68. The van der Waals surface area contributed by atoms with Gasteiger partial charge in [-0.1, -0.05) is 54.6 Å². The molecule has 21 heavy (non-hydrogen) atoms. The molecule has 0 amide bonds. The number of hydrogen-bond donors (Lipinski definition) is 0. The highest BCUT2D eigenvalue weighted by Crippen LogP contribution is 2.33. The second-order valence-corrected chi connectivity index (χ2v) is 4.92. The minimum Gasteiger partial charge on any atom is -0.452 e. The summed E-state index contributed by atoms with van der Waals surface area (Å²) < 4.78 is 5.66. The number of furan rings is 1. The molecule has 3 aromatic rings. The van der Waals surface area contributed by atoms with Crippen molar-refractivity contribution in [3.63, 3.8) is 0 Å². The van der Waals surface area contributed by atoms with Crippen LogP contribution in [0.5, 0.6) is 0 Å². The smallest absolute Gasteiger partial charge is 0.229 e. The minimum atomic E-state index is -0.234. The van der Waals surface area contributed by atoms with Crippen LogP contribution in [0.25, 0.3) is 11.3 Å². The Morgan fingerprint density at radius 1 is 0.667 bits per heavy atom. The van der Waals surface area contributed by atoms with E-state index in [0.717, 1.165) is 5.56 Å². The average Bonchev–Trinajstić information content (AvgIpc) is 2.99. The molecular weight excluding hydrogens is 264 g/mol. The van der Waals surface area contributed by atoms with Crippen molar-refractivity contribution in [2.24, 2.45) is 0 Å². The van der Waals surface area contributed by atoms with Gasteiger partial charge in [0.25, 0.3) is 0 Å². The first-order chi connectivity index (χ1) is 10.3. The van der Waals surface area contributed by atoms with Crippen LogP contribution in [-0.4, -0.2) is 11.6 Å². The Labute approximate surface area is 120 Å². The van der Waals surface area contributed by atoms with E-state index in [1.165, 1.54) is 0 Å². The Morgan fingerprint density at radius 3 is 2.00 bits per heavy atom. The lowest BCUT2D eigenvalue weighted by Crippen LogP contribution is -2.18. The predicted octanol–water partition coefficient (Wildman–Crippen LogP) is 3.72. The number of ketones is 2. The molecule has 2 aromatic carbocycles. The van der Waals surface area contributed by atoms with Gasteiger partial charge in [-0.15, -0.1) is 0 Å². The summed E-state index contributed by atoms with van der Waals surface area (Å²) in [7, 11) is 0. The van der Waals surface area contributed by atoms with Crippen LogP contribution in [0.4, 0.5) is 0 Å². The van der Waals surface area contributed by atoms with Crippen LogP contribution in [0.15, 0.2) is 65.1 Å². The van der Waals surface area contributed by atoms with E-state index in [2.05, 4.69) is 0 Å². The van der Waals surface area contributed by atoms with Crippen molar-refractivity contribution in [3.8, 4) is 11.3 Å². The average molecular weight is 274 g/mol. The van der Waals surface area contributed by atoms with Crippen LogP contribution >= 0.6 is 0 Å². The van der Waals surface area contributed by atoms with E-state index in [4.69, 9.17) is 4.42 Å². The van der Waals surface area contributed by atoms with Gasteiger partial charge in [-0.2, -0.15) is 0 Å².